The Morgan fingerprint density at radius 1 is 1.28 bits per heavy atom. The predicted octanol–water partition coefficient (Wildman–Crippen LogP) is 4.46. The van der Waals surface area contributed by atoms with Gasteiger partial charge in [0.2, 0.25) is 0 Å². The molecule has 1 fully saturated rings. The summed E-state index contributed by atoms with van der Waals surface area (Å²) in [4.78, 5) is 0. The van der Waals surface area contributed by atoms with Crippen LogP contribution in [0.3, 0.4) is 0 Å². The maximum Gasteiger partial charge on any atom is 0.124 e. The van der Waals surface area contributed by atoms with E-state index in [0.29, 0.717) is 5.92 Å². The SMILES string of the molecule is COc1cc(Br)ccc1[C@H](N)C1CCCCC1.Cl. The largest absolute Gasteiger partial charge is 0.496 e. The number of nitrogens with two attached hydrogens (primary N) is 1. The lowest BCUT2D eigenvalue weighted by atomic mass is 9.81. The molecule has 2 rings (SSSR count). The molecule has 1 aliphatic rings. The topological polar surface area (TPSA) is 35.2 Å². The van der Waals surface area contributed by atoms with Gasteiger partial charge in [-0.3, -0.25) is 0 Å². The van der Waals surface area contributed by atoms with Crippen molar-refractivity contribution < 1.29 is 4.74 Å². The molecule has 1 aliphatic carbocycles. The second kappa shape index (κ2) is 7.37. The Balaban J connectivity index is 0.00000162. The highest BCUT2D eigenvalue weighted by atomic mass is 79.9. The Morgan fingerprint density at radius 2 is 1.94 bits per heavy atom. The van der Waals surface area contributed by atoms with Crippen molar-refractivity contribution in [1.29, 1.82) is 0 Å². The molecule has 0 saturated heterocycles. The molecular formula is C14H21BrClNO. The van der Waals surface area contributed by atoms with E-state index < -0.39 is 0 Å². The summed E-state index contributed by atoms with van der Waals surface area (Å²) in [5.74, 6) is 1.51. The fourth-order valence-corrected chi connectivity index (χ4v) is 3.05. The van der Waals surface area contributed by atoms with Gasteiger partial charge in [0.05, 0.1) is 7.11 Å². The van der Waals surface area contributed by atoms with Crippen molar-refractivity contribution in [2.45, 2.75) is 38.1 Å². The minimum atomic E-state index is 0. The van der Waals surface area contributed by atoms with Gasteiger partial charge >= 0.3 is 0 Å². The first kappa shape index (κ1) is 15.8. The smallest absolute Gasteiger partial charge is 0.124 e. The summed E-state index contributed by atoms with van der Waals surface area (Å²) in [6.45, 7) is 0. The van der Waals surface area contributed by atoms with Gasteiger partial charge in [-0.2, -0.15) is 0 Å². The van der Waals surface area contributed by atoms with Crippen LogP contribution in [0.2, 0.25) is 0 Å². The molecule has 102 valence electrons. The third-order valence-electron chi connectivity index (χ3n) is 3.71. The van der Waals surface area contributed by atoms with Crippen LogP contribution in [0.15, 0.2) is 22.7 Å². The Labute approximate surface area is 124 Å². The number of halogens is 2. The average Bonchev–Trinajstić information content (AvgIpc) is 2.39. The van der Waals surface area contributed by atoms with Crippen molar-refractivity contribution in [2.75, 3.05) is 7.11 Å². The zero-order valence-electron chi connectivity index (χ0n) is 10.7. The summed E-state index contributed by atoms with van der Waals surface area (Å²) < 4.78 is 6.46. The van der Waals surface area contributed by atoms with Crippen LogP contribution >= 0.6 is 28.3 Å². The van der Waals surface area contributed by atoms with Gasteiger partial charge in [-0.05, 0) is 30.9 Å². The van der Waals surface area contributed by atoms with Crippen LogP contribution in [0.5, 0.6) is 5.75 Å². The quantitative estimate of drug-likeness (QED) is 0.885. The van der Waals surface area contributed by atoms with E-state index in [0.717, 1.165) is 15.8 Å². The van der Waals surface area contributed by atoms with Crippen molar-refractivity contribution in [1.82, 2.24) is 0 Å². The maximum absolute atomic E-state index is 6.40. The van der Waals surface area contributed by atoms with E-state index in [4.69, 9.17) is 10.5 Å². The van der Waals surface area contributed by atoms with E-state index in [9.17, 15) is 0 Å². The van der Waals surface area contributed by atoms with Crippen LogP contribution in [-0.2, 0) is 0 Å². The lowest BCUT2D eigenvalue weighted by molar-refractivity contribution is 0.301. The minimum absolute atomic E-state index is 0. The Morgan fingerprint density at radius 3 is 2.56 bits per heavy atom. The first-order valence-electron chi connectivity index (χ1n) is 6.31. The molecule has 0 heterocycles. The fraction of sp³-hybridized carbons (Fsp3) is 0.571. The molecule has 4 heteroatoms. The number of hydrogen-bond donors (Lipinski definition) is 1. The molecule has 1 aromatic carbocycles. The van der Waals surface area contributed by atoms with Gasteiger partial charge in [0, 0.05) is 16.1 Å². The highest BCUT2D eigenvalue weighted by molar-refractivity contribution is 9.10. The van der Waals surface area contributed by atoms with Gasteiger partial charge < -0.3 is 10.5 Å². The minimum Gasteiger partial charge on any atom is -0.496 e. The normalized spacial score (nSPS) is 17.9. The van der Waals surface area contributed by atoms with Gasteiger partial charge in [0.1, 0.15) is 5.75 Å². The van der Waals surface area contributed by atoms with E-state index in [1.165, 1.54) is 32.1 Å². The van der Waals surface area contributed by atoms with Gasteiger partial charge in [0.25, 0.3) is 0 Å². The second-order valence-electron chi connectivity index (χ2n) is 4.81. The summed E-state index contributed by atoms with van der Waals surface area (Å²) in [5.41, 5.74) is 7.54. The van der Waals surface area contributed by atoms with Crippen molar-refractivity contribution in [3.8, 4) is 5.75 Å². The number of benzene rings is 1. The van der Waals surface area contributed by atoms with Crippen LogP contribution in [0, 0.1) is 5.92 Å². The van der Waals surface area contributed by atoms with Gasteiger partial charge in [0.15, 0.2) is 0 Å². The molecule has 0 aromatic heterocycles. The van der Waals surface area contributed by atoms with Gasteiger partial charge in [-0.25, -0.2) is 0 Å². The first-order valence-corrected chi connectivity index (χ1v) is 7.10. The van der Waals surface area contributed by atoms with Crippen molar-refractivity contribution >= 4 is 28.3 Å². The molecule has 1 aromatic rings. The third kappa shape index (κ3) is 3.62. The van der Waals surface area contributed by atoms with Gasteiger partial charge in [-0.15, -0.1) is 12.4 Å². The lowest BCUT2D eigenvalue weighted by Gasteiger charge is -2.28. The highest BCUT2D eigenvalue weighted by Gasteiger charge is 2.24. The highest BCUT2D eigenvalue weighted by Crippen LogP contribution is 2.37. The zero-order valence-corrected chi connectivity index (χ0v) is 13.1. The molecule has 0 unspecified atom stereocenters. The van der Waals surface area contributed by atoms with Crippen molar-refractivity contribution in [2.24, 2.45) is 11.7 Å². The molecule has 2 nitrogen and oxygen atoms in total. The molecule has 0 spiro atoms. The van der Waals surface area contributed by atoms with E-state index >= 15 is 0 Å². The standard InChI is InChI=1S/C14H20BrNO.ClH/c1-17-13-9-11(15)7-8-12(13)14(16)10-5-3-2-4-6-10;/h7-10,14H,2-6,16H2,1H3;1H/t14-;/m1./s1. The maximum atomic E-state index is 6.40. The number of methoxy groups -OCH3 is 1. The van der Waals surface area contributed by atoms with Crippen molar-refractivity contribution in [3.05, 3.63) is 28.2 Å². The zero-order chi connectivity index (χ0) is 12.3. The monoisotopic (exact) mass is 333 g/mol. The van der Waals surface area contributed by atoms with E-state index in [-0.39, 0.29) is 18.4 Å². The second-order valence-corrected chi connectivity index (χ2v) is 5.73. The molecule has 0 radical (unpaired) electrons. The molecule has 1 saturated carbocycles. The van der Waals surface area contributed by atoms with Crippen LogP contribution in [0.25, 0.3) is 0 Å². The summed E-state index contributed by atoms with van der Waals surface area (Å²) in [7, 11) is 1.71. The van der Waals surface area contributed by atoms with Crippen LogP contribution in [0.4, 0.5) is 0 Å². The molecule has 1 atom stereocenters. The molecule has 0 amide bonds. The van der Waals surface area contributed by atoms with Gasteiger partial charge in [-0.1, -0.05) is 41.3 Å². The Hall–Kier alpha value is -0.250. The third-order valence-corrected chi connectivity index (χ3v) is 4.21. The lowest BCUT2D eigenvalue weighted by Crippen LogP contribution is -2.24. The molecular weight excluding hydrogens is 314 g/mol. The van der Waals surface area contributed by atoms with Crippen LogP contribution in [0.1, 0.15) is 43.7 Å². The van der Waals surface area contributed by atoms with E-state index in [1.54, 1.807) is 7.11 Å². The predicted molar refractivity (Wildman–Crippen MR) is 81.4 cm³/mol. The summed E-state index contributed by atoms with van der Waals surface area (Å²) in [6.07, 6.45) is 6.50. The Bertz CT molecular complexity index is 380. The first-order chi connectivity index (χ1) is 8.22. The van der Waals surface area contributed by atoms with Crippen molar-refractivity contribution in [3.63, 3.8) is 0 Å². The Kier molecular flexibility index (Phi) is 6.47. The summed E-state index contributed by atoms with van der Waals surface area (Å²) in [6, 6.07) is 6.24. The molecule has 18 heavy (non-hydrogen) atoms. The molecule has 2 N–H and O–H groups in total. The molecule has 0 aliphatic heterocycles. The number of rotatable bonds is 3. The molecule has 0 bridgehead atoms. The van der Waals surface area contributed by atoms with Crippen LogP contribution in [-0.4, -0.2) is 7.11 Å². The van der Waals surface area contributed by atoms with Crippen LogP contribution < -0.4 is 10.5 Å². The van der Waals surface area contributed by atoms with E-state index in [2.05, 4.69) is 22.0 Å². The summed E-state index contributed by atoms with van der Waals surface area (Å²) >= 11 is 3.46. The van der Waals surface area contributed by atoms with E-state index in [1.807, 2.05) is 12.1 Å². The number of hydrogen-bond acceptors (Lipinski definition) is 2. The number of ether oxygens (including phenoxy) is 1. The summed E-state index contributed by atoms with van der Waals surface area (Å²) in [5, 5.41) is 0. The average molecular weight is 335 g/mol. The fourth-order valence-electron chi connectivity index (χ4n) is 2.71.